The molecule has 1 N–H and O–H groups in total. The lowest BCUT2D eigenvalue weighted by atomic mass is 10.0. The molecule has 0 aliphatic carbocycles. The molecule has 1 aromatic carbocycles. The zero-order chi connectivity index (χ0) is 23.0. The van der Waals surface area contributed by atoms with Crippen molar-refractivity contribution in [1.82, 2.24) is 15.3 Å². The van der Waals surface area contributed by atoms with Crippen LogP contribution >= 0.6 is 15.9 Å². The van der Waals surface area contributed by atoms with E-state index in [4.69, 9.17) is 9.47 Å². The van der Waals surface area contributed by atoms with E-state index in [1.807, 2.05) is 19.9 Å². The molecule has 0 aromatic heterocycles. The van der Waals surface area contributed by atoms with E-state index in [-0.39, 0.29) is 29.4 Å². The van der Waals surface area contributed by atoms with Gasteiger partial charge >= 0.3 is 0 Å². The van der Waals surface area contributed by atoms with E-state index in [2.05, 4.69) is 47.0 Å². The normalized spacial score (nSPS) is 17.7. The summed E-state index contributed by atoms with van der Waals surface area (Å²) in [6.45, 7) is 12.7. The predicted octanol–water partition coefficient (Wildman–Crippen LogP) is 3.40. The van der Waals surface area contributed by atoms with Crippen molar-refractivity contribution in [2.24, 2.45) is 0 Å². The van der Waals surface area contributed by atoms with Crippen LogP contribution in [-0.4, -0.2) is 71.0 Å². The van der Waals surface area contributed by atoms with Gasteiger partial charge in [0, 0.05) is 35.1 Å². The number of amides is 2. The molecule has 1 aliphatic heterocycles. The molecule has 1 aromatic rings. The predicted molar refractivity (Wildman–Crippen MR) is 125 cm³/mol. The number of halogens is 1. The van der Waals surface area contributed by atoms with E-state index >= 15 is 0 Å². The first-order valence-corrected chi connectivity index (χ1v) is 11.7. The lowest BCUT2D eigenvalue weighted by Crippen LogP contribution is -2.54. The van der Waals surface area contributed by atoms with Crippen LogP contribution in [0.2, 0.25) is 0 Å². The molecule has 1 heterocycles. The fraction of sp³-hybridized carbons (Fsp3) is 0.565. The van der Waals surface area contributed by atoms with Crippen molar-refractivity contribution >= 4 is 27.7 Å². The molecule has 2 rings (SSSR count). The number of benzene rings is 1. The second-order valence-electron chi connectivity index (χ2n) is 8.67. The van der Waals surface area contributed by atoms with Crippen LogP contribution in [0.4, 0.5) is 0 Å². The number of hydrogen-bond acceptors (Lipinski definition) is 5. The van der Waals surface area contributed by atoms with Gasteiger partial charge < -0.3 is 9.47 Å². The van der Waals surface area contributed by atoms with Gasteiger partial charge in [-0.25, -0.2) is 5.01 Å². The number of rotatable bonds is 7. The second kappa shape index (κ2) is 11.6. The van der Waals surface area contributed by atoms with Crippen molar-refractivity contribution in [2.45, 2.75) is 52.2 Å². The van der Waals surface area contributed by atoms with E-state index in [1.165, 1.54) is 11.1 Å². The van der Waals surface area contributed by atoms with E-state index < -0.39 is 0 Å². The third-order valence-corrected chi connectivity index (χ3v) is 5.25. The van der Waals surface area contributed by atoms with Gasteiger partial charge in [-0.2, -0.15) is 0 Å². The Morgan fingerprint density at radius 1 is 1.32 bits per heavy atom. The molecule has 0 spiro atoms. The van der Waals surface area contributed by atoms with Crippen molar-refractivity contribution < 1.29 is 19.1 Å². The van der Waals surface area contributed by atoms with Gasteiger partial charge in [0.1, 0.15) is 5.75 Å². The Kier molecular flexibility index (Phi) is 9.53. The Bertz CT molecular complexity index is 759. The quantitative estimate of drug-likeness (QED) is 0.356. The molecule has 2 amide bonds. The average molecular weight is 496 g/mol. The Morgan fingerprint density at radius 2 is 2.00 bits per heavy atom. The van der Waals surface area contributed by atoms with Gasteiger partial charge in [0.25, 0.3) is 11.8 Å². The summed E-state index contributed by atoms with van der Waals surface area (Å²) in [6.07, 6.45) is 3.39. The van der Waals surface area contributed by atoms with Crippen LogP contribution in [-0.2, 0) is 9.53 Å². The Morgan fingerprint density at radius 3 is 2.58 bits per heavy atom. The Hall–Kier alpha value is -1.90. The molecule has 7 nitrogen and oxygen atoms in total. The zero-order valence-electron chi connectivity index (χ0n) is 19.1. The molecule has 0 radical (unpaired) electrons. The molecule has 8 heteroatoms. The second-order valence-corrected chi connectivity index (χ2v) is 9.46. The van der Waals surface area contributed by atoms with Crippen molar-refractivity contribution in [3.05, 3.63) is 42.0 Å². The van der Waals surface area contributed by atoms with Crippen molar-refractivity contribution in [3.8, 4) is 5.75 Å². The van der Waals surface area contributed by atoms with Crippen LogP contribution in [0, 0.1) is 0 Å². The van der Waals surface area contributed by atoms with Gasteiger partial charge in [0.15, 0.2) is 0 Å². The fourth-order valence-corrected chi connectivity index (χ4v) is 3.52. The van der Waals surface area contributed by atoms with Gasteiger partial charge in [-0.1, -0.05) is 22.0 Å². The van der Waals surface area contributed by atoms with Gasteiger partial charge in [-0.05, 0) is 58.9 Å². The van der Waals surface area contributed by atoms with Crippen LogP contribution in [0.1, 0.15) is 45.0 Å². The summed E-state index contributed by atoms with van der Waals surface area (Å²) >= 11 is 3.31. The van der Waals surface area contributed by atoms with Gasteiger partial charge in [-0.3, -0.25) is 19.9 Å². The molecule has 0 bridgehead atoms. The summed E-state index contributed by atoms with van der Waals surface area (Å²) in [5.41, 5.74) is 3.15. The minimum Gasteiger partial charge on any atom is -0.493 e. The minimum absolute atomic E-state index is 0.00878. The van der Waals surface area contributed by atoms with Crippen molar-refractivity contribution in [2.75, 3.05) is 31.7 Å². The summed E-state index contributed by atoms with van der Waals surface area (Å²) in [5.74, 6) is 0.0636. The molecule has 31 heavy (non-hydrogen) atoms. The minimum atomic E-state index is -0.347. The summed E-state index contributed by atoms with van der Waals surface area (Å²) in [6, 6.07) is 6.64. The number of ether oxygens (including phenoxy) is 2. The highest BCUT2D eigenvalue weighted by molar-refractivity contribution is 9.09. The first-order chi connectivity index (χ1) is 14.6. The van der Waals surface area contributed by atoms with Gasteiger partial charge in [0.05, 0.1) is 25.9 Å². The molecular weight excluding hydrogens is 462 g/mol. The smallest absolute Gasteiger partial charge is 0.269 e. The van der Waals surface area contributed by atoms with Gasteiger partial charge in [-0.15, -0.1) is 0 Å². The maximum atomic E-state index is 12.9. The highest BCUT2D eigenvalue weighted by atomic mass is 79.9. The first kappa shape index (κ1) is 25.4. The lowest BCUT2D eigenvalue weighted by Gasteiger charge is -2.43. The molecule has 0 saturated carbocycles. The summed E-state index contributed by atoms with van der Waals surface area (Å²) in [7, 11) is 0. The average Bonchev–Trinajstić information content (AvgIpc) is 2.73. The van der Waals surface area contributed by atoms with Gasteiger partial charge in [0.2, 0.25) is 0 Å². The van der Waals surface area contributed by atoms with E-state index in [9.17, 15) is 9.59 Å². The fourth-order valence-electron chi connectivity index (χ4n) is 3.36. The molecule has 1 atom stereocenters. The maximum absolute atomic E-state index is 12.9. The molecule has 1 saturated heterocycles. The largest absolute Gasteiger partial charge is 0.493 e. The van der Waals surface area contributed by atoms with Crippen LogP contribution in [0.15, 0.2) is 36.4 Å². The molecule has 1 fully saturated rings. The van der Waals surface area contributed by atoms with Crippen LogP contribution in [0.3, 0.4) is 0 Å². The monoisotopic (exact) mass is 495 g/mol. The van der Waals surface area contributed by atoms with E-state index in [0.717, 1.165) is 11.9 Å². The number of nitrogens with one attached hydrogen (secondary N) is 1. The third-order valence-electron chi connectivity index (χ3n) is 4.93. The number of alkyl halides is 1. The summed E-state index contributed by atoms with van der Waals surface area (Å²) < 4.78 is 11.1. The van der Waals surface area contributed by atoms with Crippen LogP contribution in [0.25, 0.3) is 0 Å². The van der Waals surface area contributed by atoms with Crippen molar-refractivity contribution in [3.63, 3.8) is 0 Å². The van der Waals surface area contributed by atoms with Crippen LogP contribution < -0.4 is 10.2 Å². The number of carbonyl (C=O) groups is 2. The molecule has 1 unspecified atom stereocenters. The summed E-state index contributed by atoms with van der Waals surface area (Å²) in [5, 5.41) is 2.08. The highest BCUT2D eigenvalue weighted by Crippen LogP contribution is 2.21. The molecule has 1 aliphatic rings. The third kappa shape index (κ3) is 7.63. The Balaban J connectivity index is 2.04. The van der Waals surface area contributed by atoms with E-state index in [0.29, 0.717) is 31.1 Å². The topological polar surface area (TPSA) is 71.1 Å². The first-order valence-electron chi connectivity index (χ1n) is 10.6. The lowest BCUT2D eigenvalue weighted by molar-refractivity contribution is -0.130. The maximum Gasteiger partial charge on any atom is 0.269 e. The van der Waals surface area contributed by atoms with E-state index in [1.54, 1.807) is 24.3 Å². The van der Waals surface area contributed by atoms with Crippen molar-refractivity contribution in [1.29, 1.82) is 0 Å². The zero-order valence-corrected chi connectivity index (χ0v) is 20.6. The molecule has 172 valence electrons. The Labute approximate surface area is 193 Å². The SMILES string of the molecule is CC(C)N(NC(=O)c1ccc(OCCBr)cc1)C(=O)/C=C/C1COCCN1C(C)(C)C. The number of nitrogens with zero attached hydrogens (tertiary/aromatic N) is 2. The standard InChI is InChI=1S/C23H34BrN3O4/c1-17(2)27(25-22(29)18-6-9-20(10-7-18)31-14-12-24)21(28)11-8-19-16-30-15-13-26(19)23(3,4)5/h6-11,17,19H,12-16H2,1-5H3,(H,25,29)/b11-8+. The summed E-state index contributed by atoms with van der Waals surface area (Å²) in [4.78, 5) is 27.9. The number of morpholine rings is 1. The van der Waals surface area contributed by atoms with Crippen LogP contribution in [0.5, 0.6) is 5.75 Å². The number of carbonyl (C=O) groups excluding carboxylic acids is 2. The molecular formula is C23H34BrN3O4. The number of hydrazine groups is 1. The number of hydrogen-bond donors (Lipinski definition) is 1. The highest BCUT2D eigenvalue weighted by Gasteiger charge is 2.30.